The minimum absolute atomic E-state index is 0.0631. The lowest BCUT2D eigenvalue weighted by Gasteiger charge is -2.40. The average Bonchev–Trinajstić information content (AvgIpc) is 3.24. The molecule has 1 saturated heterocycles. The molecule has 0 saturated carbocycles. The van der Waals surface area contributed by atoms with Gasteiger partial charge in [-0.05, 0) is 57.2 Å². The molecule has 1 aromatic carbocycles. The summed E-state index contributed by atoms with van der Waals surface area (Å²) in [7, 11) is -4.03. The van der Waals surface area contributed by atoms with E-state index in [1.807, 2.05) is 20.8 Å². The van der Waals surface area contributed by atoms with Gasteiger partial charge in [0.25, 0.3) is 5.91 Å². The monoisotopic (exact) mass is 675 g/mol. The van der Waals surface area contributed by atoms with Crippen molar-refractivity contribution in [3.05, 3.63) is 27.4 Å². The number of H-pyrrole nitrogens is 1. The van der Waals surface area contributed by atoms with Gasteiger partial charge in [0.15, 0.2) is 0 Å². The Morgan fingerprint density at radius 3 is 2.53 bits per heavy atom. The number of rotatable bonds is 8. The summed E-state index contributed by atoms with van der Waals surface area (Å²) >= 11 is 13.3. The molecule has 0 spiro atoms. The number of halogens is 2. The van der Waals surface area contributed by atoms with Gasteiger partial charge in [0.2, 0.25) is 0 Å². The average molecular weight is 677 g/mol. The molecule has 240 valence electrons. The number of aromatic nitrogens is 1. The van der Waals surface area contributed by atoms with E-state index in [2.05, 4.69) is 29.9 Å². The predicted molar refractivity (Wildman–Crippen MR) is 173 cm³/mol. The van der Waals surface area contributed by atoms with Crippen LogP contribution in [0.15, 0.2) is 6.07 Å². The number of nitrogens with zero attached hydrogens (tertiary/aromatic N) is 3. The molecular weight excluding hydrogens is 633 g/mol. The van der Waals surface area contributed by atoms with E-state index in [1.165, 1.54) is 15.7 Å². The second kappa shape index (κ2) is 12.8. The van der Waals surface area contributed by atoms with Gasteiger partial charge in [0.1, 0.15) is 18.0 Å². The van der Waals surface area contributed by atoms with E-state index in [1.54, 1.807) is 11.0 Å². The van der Waals surface area contributed by atoms with Crippen LogP contribution in [-0.2, 0) is 26.2 Å². The second-order valence-electron chi connectivity index (χ2n) is 13.4. The third-order valence-electron chi connectivity index (χ3n) is 7.51. The SMILES string of the molecule is CNC(=O)c1[nH]c2c3c(cc(Cl)c2c1Cl)CN(CC1CCCN(C(=O)OC(C)(C)C)C1)S(=O)(=O)N3COCC[Si](C)(C)C. The maximum Gasteiger partial charge on any atom is 0.410 e. The number of piperidine rings is 1. The Morgan fingerprint density at radius 1 is 1.21 bits per heavy atom. The third kappa shape index (κ3) is 7.62. The summed E-state index contributed by atoms with van der Waals surface area (Å²) < 4.78 is 42.8. The molecule has 0 radical (unpaired) electrons. The summed E-state index contributed by atoms with van der Waals surface area (Å²) in [6.45, 7) is 13.6. The molecule has 3 heterocycles. The van der Waals surface area contributed by atoms with Gasteiger partial charge < -0.3 is 24.7 Å². The molecule has 1 aromatic heterocycles. The number of aromatic amines is 1. The summed E-state index contributed by atoms with van der Waals surface area (Å²) in [5.41, 5.74) is 0.848. The fourth-order valence-corrected chi connectivity index (χ4v) is 8.44. The number of likely N-dealkylation sites (tertiary alicyclic amines) is 1. The van der Waals surface area contributed by atoms with Crippen LogP contribution in [0.2, 0.25) is 35.7 Å². The summed E-state index contributed by atoms with van der Waals surface area (Å²) in [5, 5.41) is 3.34. The van der Waals surface area contributed by atoms with Gasteiger partial charge in [-0.1, -0.05) is 42.8 Å². The van der Waals surface area contributed by atoms with Gasteiger partial charge in [-0.3, -0.25) is 4.79 Å². The number of hydrogen-bond donors (Lipinski definition) is 2. The fourth-order valence-electron chi connectivity index (χ4n) is 5.36. The molecule has 2 amide bonds. The first-order chi connectivity index (χ1) is 19.9. The van der Waals surface area contributed by atoms with Crippen LogP contribution in [0, 0.1) is 5.92 Å². The minimum Gasteiger partial charge on any atom is -0.444 e. The lowest BCUT2D eigenvalue weighted by atomic mass is 9.98. The van der Waals surface area contributed by atoms with Crippen molar-refractivity contribution in [3.8, 4) is 0 Å². The molecular formula is C28H43Cl2N5O6SSi. The number of benzene rings is 1. The van der Waals surface area contributed by atoms with Crippen LogP contribution in [0.1, 0.15) is 49.7 Å². The molecule has 2 N–H and O–H groups in total. The van der Waals surface area contributed by atoms with Gasteiger partial charge in [0.05, 0.1) is 21.2 Å². The smallest absolute Gasteiger partial charge is 0.410 e. The lowest BCUT2D eigenvalue weighted by Crippen LogP contribution is -2.52. The number of anilines is 1. The molecule has 43 heavy (non-hydrogen) atoms. The first kappa shape index (κ1) is 33.9. The van der Waals surface area contributed by atoms with Gasteiger partial charge in [0, 0.05) is 53.3 Å². The highest BCUT2D eigenvalue weighted by Crippen LogP contribution is 2.45. The second-order valence-corrected chi connectivity index (χ2v) is 21.7. The Kier molecular flexibility index (Phi) is 10.0. The summed E-state index contributed by atoms with van der Waals surface area (Å²) in [5.74, 6) is -0.540. The van der Waals surface area contributed by atoms with E-state index < -0.39 is 35.9 Å². The highest BCUT2D eigenvalue weighted by atomic mass is 35.5. The van der Waals surface area contributed by atoms with Crippen molar-refractivity contribution in [3.63, 3.8) is 0 Å². The molecule has 1 fully saturated rings. The number of amides is 2. The van der Waals surface area contributed by atoms with Crippen molar-refractivity contribution in [1.29, 1.82) is 0 Å². The molecule has 2 aliphatic rings. The quantitative estimate of drug-likeness (QED) is 0.275. The van der Waals surface area contributed by atoms with Crippen molar-refractivity contribution in [2.75, 3.05) is 44.3 Å². The van der Waals surface area contributed by atoms with Gasteiger partial charge >= 0.3 is 16.3 Å². The maximum absolute atomic E-state index is 14.3. The van der Waals surface area contributed by atoms with Crippen LogP contribution >= 0.6 is 23.2 Å². The highest BCUT2D eigenvalue weighted by molar-refractivity contribution is 7.90. The van der Waals surface area contributed by atoms with Crippen LogP contribution in [0.4, 0.5) is 10.5 Å². The van der Waals surface area contributed by atoms with Gasteiger partial charge in [-0.2, -0.15) is 12.7 Å². The third-order valence-corrected chi connectivity index (χ3v) is 11.7. The Labute approximate surface area is 265 Å². The van der Waals surface area contributed by atoms with E-state index in [-0.39, 0.29) is 36.5 Å². The standard InChI is InChI=1S/C28H43Cl2N5O6SSi/c1-28(2,3)41-27(37)33-10-8-9-18(14-33)15-34-16-19-13-20(29)21-22(30)24(26(36)31-4)32-23(21)25(19)35(42(34,38)39)17-40-11-12-43(5,6)7/h13,18,32H,8-12,14-17H2,1-7H3,(H,31,36). The number of nitrogens with one attached hydrogen (secondary N) is 2. The van der Waals surface area contributed by atoms with Crippen LogP contribution in [-0.4, -0.2) is 88.3 Å². The van der Waals surface area contributed by atoms with Gasteiger partial charge in [-0.15, -0.1) is 0 Å². The van der Waals surface area contributed by atoms with E-state index in [9.17, 15) is 18.0 Å². The topological polar surface area (TPSA) is 124 Å². The molecule has 11 nitrogen and oxygen atoms in total. The van der Waals surface area contributed by atoms with Crippen LogP contribution in [0.5, 0.6) is 0 Å². The highest BCUT2D eigenvalue weighted by Gasteiger charge is 2.41. The first-order valence-electron chi connectivity index (χ1n) is 14.5. The molecule has 1 unspecified atom stereocenters. The van der Waals surface area contributed by atoms with E-state index >= 15 is 0 Å². The Bertz CT molecular complexity index is 1490. The van der Waals surface area contributed by atoms with Crippen LogP contribution in [0.25, 0.3) is 10.9 Å². The molecule has 2 aromatic rings. The number of carbonyl (C=O) groups is 2. The Balaban J connectivity index is 1.70. The molecule has 1 atom stereocenters. The van der Waals surface area contributed by atoms with E-state index in [0.717, 1.165) is 18.9 Å². The number of hydrogen-bond acceptors (Lipinski definition) is 6. The largest absolute Gasteiger partial charge is 0.444 e. The molecule has 2 aliphatic heterocycles. The molecule has 4 rings (SSSR count). The minimum atomic E-state index is -4.08. The maximum atomic E-state index is 14.3. The number of fused-ring (bicyclic) bond motifs is 3. The molecule has 0 aliphatic carbocycles. The van der Waals surface area contributed by atoms with Crippen molar-refractivity contribution in [1.82, 2.24) is 19.5 Å². The first-order valence-corrected chi connectivity index (χ1v) is 20.4. The van der Waals surface area contributed by atoms with Crippen LogP contribution < -0.4 is 9.62 Å². The zero-order valence-corrected chi connectivity index (χ0v) is 29.3. The molecule has 15 heteroatoms. The zero-order valence-electron chi connectivity index (χ0n) is 26.0. The van der Waals surface area contributed by atoms with Crippen molar-refractivity contribution in [2.45, 2.75) is 71.4 Å². The van der Waals surface area contributed by atoms with Crippen molar-refractivity contribution >= 4 is 70.1 Å². The van der Waals surface area contributed by atoms with E-state index in [4.69, 9.17) is 32.7 Å². The fraction of sp³-hybridized carbons (Fsp3) is 0.643. The predicted octanol–water partition coefficient (Wildman–Crippen LogP) is 5.66. The normalized spacial score (nSPS) is 19.4. The van der Waals surface area contributed by atoms with Crippen molar-refractivity contribution < 1.29 is 27.5 Å². The Hall–Kier alpha value is -2.03. The van der Waals surface area contributed by atoms with Crippen LogP contribution in [0.3, 0.4) is 0 Å². The van der Waals surface area contributed by atoms with Gasteiger partial charge in [-0.25, -0.2) is 9.10 Å². The summed E-state index contributed by atoms with van der Waals surface area (Å²) in [6.07, 6.45) is 1.12. The lowest BCUT2D eigenvalue weighted by molar-refractivity contribution is 0.0156. The number of ether oxygens (including phenoxy) is 2. The molecule has 0 bridgehead atoms. The summed E-state index contributed by atoms with van der Waals surface area (Å²) in [6, 6.07) is 2.57. The number of carbonyl (C=O) groups excluding carboxylic acids is 2. The Morgan fingerprint density at radius 2 is 1.91 bits per heavy atom. The van der Waals surface area contributed by atoms with E-state index in [0.29, 0.717) is 46.9 Å². The zero-order chi connectivity index (χ0) is 31.9. The van der Waals surface area contributed by atoms with Crippen molar-refractivity contribution in [2.24, 2.45) is 5.92 Å². The summed E-state index contributed by atoms with van der Waals surface area (Å²) in [4.78, 5) is 30.0.